The van der Waals surface area contributed by atoms with E-state index >= 15 is 0 Å². The summed E-state index contributed by atoms with van der Waals surface area (Å²) in [7, 11) is 1.85. The molecule has 2 heterocycles. The number of nitro groups is 1. The SMILES string of the molecule is CCc1nn(C)cc1Nc1ccc([N+](=O)[O-])nc1. The molecule has 7 nitrogen and oxygen atoms in total. The number of anilines is 2. The van der Waals surface area contributed by atoms with Crippen LogP contribution in [0.3, 0.4) is 0 Å². The van der Waals surface area contributed by atoms with Crippen LogP contribution in [0.1, 0.15) is 12.6 Å². The van der Waals surface area contributed by atoms with Crippen LogP contribution in [0.15, 0.2) is 24.5 Å². The van der Waals surface area contributed by atoms with Crippen LogP contribution in [0, 0.1) is 10.1 Å². The van der Waals surface area contributed by atoms with E-state index in [0.29, 0.717) is 5.69 Å². The van der Waals surface area contributed by atoms with E-state index in [1.807, 2.05) is 20.2 Å². The molecule has 0 aliphatic carbocycles. The van der Waals surface area contributed by atoms with Crippen molar-refractivity contribution < 1.29 is 4.92 Å². The first-order valence-electron chi connectivity index (χ1n) is 5.50. The molecule has 0 unspecified atom stereocenters. The van der Waals surface area contributed by atoms with E-state index in [1.165, 1.54) is 12.3 Å². The molecule has 0 aliphatic rings. The van der Waals surface area contributed by atoms with Gasteiger partial charge in [-0.25, -0.2) is 0 Å². The van der Waals surface area contributed by atoms with Crippen LogP contribution in [-0.2, 0) is 13.5 Å². The summed E-state index contributed by atoms with van der Waals surface area (Å²) in [6.45, 7) is 2.02. The van der Waals surface area contributed by atoms with Crippen LogP contribution >= 0.6 is 0 Å². The Morgan fingerprint density at radius 3 is 2.83 bits per heavy atom. The van der Waals surface area contributed by atoms with Crippen LogP contribution in [0.25, 0.3) is 0 Å². The number of aromatic nitrogens is 3. The van der Waals surface area contributed by atoms with Crippen molar-refractivity contribution in [1.29, 1.82) is 0 Å². The van der Waals surface area contributed by atoms with Gasteiger partial charge in [-0.15, -0.1) is 0 Å². The lowest BCUT2D eigenvalue weighted by molar-refractivity contribution is -0.389. The molecular weight excluding hydrogens is 234 g/mol. The molecule has 2 aromatic rings. The highest BCUT2D eigenvalue weighted by molar-refractivity contribution is 5.60. The van der Waals surface area contributed by atoms with Gasteiger partial charge in [-0.2, -0.15) is 5.10 Å². The number of nitrogens with zero attached hydrogens (tertiary/aromatic N) is 4. The van der Waals surface area contributed by atoms with Gasteiger partial charge in [-0.3, -0.25) is 4.68 Å². The summed E-state index contributed by atoms with van der Waals surface area (Å²) in [5, 5.41) is 17.9. The van der Waals surface area contributed by atoms with E-state index in [9.17, 15) is 10.1 Å². The third-order valence-electron chi connectivity index (χ3n) is 2.45. The molecule has 0 atom stereocenters. The molecule has 7 heteroatoms. The maximum Gasteiger partial charge on any atom is 0.363 e. The van der Waals surface area contributed by atoms with Gasteiger partial charge in [0.05, 0.1) is 17.1 Å². The minimum Gasteiger partial charge on any atom is -0.358 e. The van der Waals surface area contributed by atoms with Gasteiger partial charge in [0.25, 0.3) is 0 Å². The van der Waals surface area contributed by atoms with Crippen LogP contribution in [-0.4, -0.2) is 19.7 Å². The van der Waals surface area contributed by atoms with Crippen LogP contribution < -0.4 is 5.32 Å². The topological polar surface area (TPSA) is 85.9 Å². The number of hydrogen-bond donors (Lipinski definition) is 1. The molecule has 0 bridgehead atoms. The van der Waals surface area contributed by atoms with E-state index in [4.69, 9.17) is 0 Å². The van der Waals surface area contributed by atoms with Crippen molar-refractivity contribution in [3.05, 3.63) is 40.3 Å². The summed E-state index contributed by atoms with van der Waals surface area (Å²) in [5.41, 5.74) is 2.52. The molecule has 0 saturated carbocycles. The number of hydrogen-bond acceptors (Lipinski definition) is 5. The lowest BCUT2D eigenvalue weighted by Crippen LogP contribution is -1.96. The maximum atomic E-state index is 10.5. The molecule has 18 heavy (non-hydrogen) atoms. The van der Waals surface area contributed by atoms with Gasteiger partial charge in [-0.05, 0) is 22.4 Å². The zero-order valence-electron chi connectivity index (χ0n) is 10.1. The number of aryl methyl sites for hydroxylation is 2. The summed E-state index contributed by atoms with van der Waals surface area (Å²) in [5.74, 6) is -0.164. The van der Waals surface area contributed by atoms with Crippen molar-refractivity contribution in [2.24, 2.45) is 7.05 Å². The first-order valence-corrected chi connectivity index (χ1v) is 5.50. The van der Waals surface area contributed by atoms with Gasteiger partial charge in [0.1, 0.15) is 0 Å². The molecule has 0 aromatic carbocycles. The second kappa shape index (κ2) is 4.82. The summed E-state index contributed by atoms with van der Waals surface area (Å²) in [6, 6.07) is 2.99. The lowest BCUT2D eigenvalue weighted by atomic mass is 10.3. The molecule has 0 aliphatic heterocycles. The number of rotatable bonds is 4. The van der Waals surface area contributed by atoms with Gasteiger partial charge in [-0.1, -0.05) is 6.92 Å². The van der Waals surface area contributed by atoms with Crippen molar-refractivity contribution in [2.75, 3.05) is 5.32 Å². The Labute approximate surface area is 104 Å². The minimum atomic E-state index is -0.522. The Balaban J connectivity index is 2.20. The Morgan fingerprint density at radius 1 is 1.50 bits per heavy atom. The molecule has 0 radical (unpaired) electrons. The Bertz CT molecular complexity index is 561. The maximum absolute atomic E-state index is 10.5. The van der Waals surface area contributed by atoms with E-state index in [-0.39, 0.29) is 5.82 Å². The monoisotopic (exact) mass is 247 g/mol. The Kier molecular flexibility index (Phi) is 3.22. The third kappa shape index (κ3) is 2.45. The average Bonchev–Trinajstić information content (AvgIpc) is 2.70. The predicted molar refractivity (Wildman–Crippen MR) is 66.8 cm³/mol. The molecule has 1 N–H and O–H groups in total. The molecule has 2 aromatic heterocycles. The van der Waals surface area contributed by atoms with E-state index in [0.717, 1.165) is 17.8 Å². The van der Waals surface area contributed by atoms with Crippen molar-refractivity contribution in [3.63, 3.8) is 0 Å². The Hall–Kier alpha value is -2.44. The van der Waals surface area contributed by atoms with Crippen LogP contribution in [0.5, 0.6) is 0 Å². The highest BCUT2D eigenvalue weighted by Gasteiger charge is 2.09. The fraction of sp³-hybridized carbons (Fsp3) is 0.273. The van der Waals surface area contributed by atoms with Crippen molar-refractivity contribution in [1.82, 2.24) is 14.8 Å². The first kappa shape index (κ1) is 12.0. The summed E-state index contributed by atoms with van der Waals surface area (Å²) in [4.78, 5) is 13.7. The first-order chi connectivity index (χ1) is 8.60. The largest absolute Gasteiger partial charge is 0.363 e. The molecule has 0 spiro atoms. The zero-order chi connectivity index (χ0) is 13.1. The molecule has 2 rings (SSSR count). The van der Waals surface area contributed by atoms with Crippen molar-refractivity contribution in [2.45, 2.75) is 13.3 Å². The quantitative estimate of drug-likeness (QED) is 0.659. The van der Waals surface area contributed by atoms with E-state index in [1.54, 1.807) is 10.7 Å². The molecule has 0 amide bonds. The normalized spacial score (nSPS) is 10.3. The third-order valence-corrected chi connectivity index (χ3v) is 2.45. The lowest BCUT2D eigenvalue weighted by Gasteiger charge is -2.03. The van der Waals surface area contributed by atoms with Gasteiger partial charge in [0, 0.05) is 19.3 Å². The van der Waals surface area contributed by atoms with Crippen LogP contribution in [0.2, 0.25) is 0 Å². The number of nitrogens with one attached hydrogen (secondary N) is 1. The van der Waals surface area contributed by atoms with Crippen LogP contribution in [0.4, 0.5) is 17.2 Å². The highest BCUT2D eigenvalue weighted by Crippen LogP contribution is 2.20. The van der Waals surface area contributed by atoms with E-state index < -0.39 is 4.92 Å². The predicted octanol–water partition coefficient (Wildman–Crippen LogP) is 2.03. The summed E-state index contributed by atoms with van der Waals surface area (Å²) >= 11 is 0. The Morgan fingerprint density at radius 2 is 2.28 bits per heavy atom. The van der Waals surface area contributed by atoms with E-state index in [2.05, 4.69) is 15.4 Å². The molecule has 0 fully saturated rings. The second-order valence-corrected chi connectivity index (χ2v) is 3.80. The molecule has 0 saturated heterocycles. The van der Waals surface area contributed by atoms with Gasteiger partial charge in [0.15, 0.2) is 6.20 Å². The highest BCUT2D eigenvalue weighted by atomic mass is 16.6. The van der Waals surface area contributed by atoms with Crippen molar-refractivity contribution >= 4 is 17.2 Å². The van der Waals surface area contributed by atoms with Crippen molar-refractivity contribution in [3.8, 4) is 0 Å². The molecular formula is C11H13N5O2. The molecule has 94 valence electrons. The van der Waals surface area contributed by atoms with Gasteiger partial charge in [0.2, 0.25) is 0 Å². The zero-order valence-corrected chi connectivity index (χ0v) is 10.1. The summed E-state index contributed by atoms with van der Waals surface area (Å²) in [6.07, 6.45) is 4.11. The smallest absolute Gasteiger partial charge is 0.358 e. The fourth-order valence-electron chi connectivity index (χ4n) is 1.62. The number of pyridine rings is 1. The summed E-state index contributed by atoms with van der Waals surface area (Å²) < 4.78 is 1.72. The fourth-order valence-corrected chi connectivity index (χ4v) is 1.62. The van der Waals surface area contributed by atoms with Gasteiger partial charge < -0.3 is 15.4 Å². The van der Waals surface area contributed by atoms with Gasteiger partial charge >= 0.3 is 5.82 Å². The minimum absolute atomic E-state index is 0.164. The second-order valence-electron chi connectivity index (χ2n) is 3.80. The standard InChI is InChI=1S/C11H13N5O2/c1-3-9-10(7-15(2)14-9)13-8-4-5-11(12-6-8)16(17)18/h4-7,13H,3H2,1-2H3. The average molecular weight is 247 g/mol.